The fourth-order valence-corrected chi connectivity index (χ4v) is 1.80. The minimum absolute atomic E-state index is 0.310. The minimum atomic E-state index is -0.366. The maximum Gasteiger partial charge on any atom is 0.319 e. The SMILES string of the molecule is CCC(N)(CC)CNC(=O)Nc1ccc(Cl)c(Cl)c1. The fraction of sp³-hybridized carbons (Fsp3) is 0.462. The van der Waals surface area contributed by atoms with Gasteiger partial charge in [-0.3, -0.25) is 0 Å². The number of nitrogens with one attached hydrogen (secondary N) is 2. The standard InChI is InChI=1S/C13H19Cl2N3O/c1-3-13(16,4-2)8-17-12(19)18-9-5-6-10(14)11(15)7-9/h5-7H,3-4,8,16H2,1-2H3,(H2,17,18,19). The molecule has 0 aliphatic heterocycles. The molecular weight excluding hydrogens is 285 g/mol. The van der Waals surface area contributed by atoms with Crippen molar-refractivity contribution in [1.29, 1.82) is 0 Å². The predicted octanol–water partition coefficient (Wildman–Crippen LogP) is 3.63. The third-order valence-electron chi connectivity index (χ3n) is 3.19. The van der Waals surface area contributed by atoms with Gasteiger partial charge in [-0.25, -0.2) is 4.79 Å². The second-order valence-electron chi connectivity index (χ2n) is 4.51. The number of benzene rings is 1. The number of hydrogen-bond acceptors (Lipinski definition) is 2. The zero-order valence-corrected chi connectivity index (χ0v) is 12.6. The molecule has 0 aliphatic carbocycles. The maximum atomic E-state index is 11.7. The molecular formula is C13H19Cl2N3O. The van der Waals surface area contributed by atoms with Gasteiger partial charge in [-0.15, -0.1) is 0 Å². The summed E-state index contributed by atoms with van der Waals surface area (Å²) in [5, 5.41) is 6.29. The number of carbonyl (C=O) groups is 1. The van der Waals surface area contributed by atoms with Crippen molar-refractivity contribution in [2.45, 2.75) is 32.2 Å². The van der Waals surface area contributed by atoms with Crippen molar-refractivity contribution < 1.29 is 4.79 Å². The van der Waals surface area contributed by atoms with E-state index in [9.17, 15) is 4.79 Å². The molecule has 0 fully saturated rings. The first-order valence-corrected chi connectivity index (χ1v) is 6.94. The van der Waals surface area contributed by atoms with Crippen LogP contribution < -0.4 is 16.4 Å². The quantitative estimate of drug-likeness (QED) is 0.777. The minimum Gasteiger partial charge on any atom is -0.336 e. The molecule has 1 rings (SSSR count). The highest BCUT2D eigenvalue weighted by atomic mass is 35.5. The van der Waals surface area contributed by atoms with Crippen molar-refractivity contribution in [3.8, 4) is 0 Å². The lowest BCUT2D eigenvalue weighted by Gasteiger charge is -2.26. The topological polar surface area (TPSA) is 67.1 Å². The van der Waals surface area contributed by atoms with Crippen molar-refractivity contribution in [3.63, 3.8) is 0 Å². The molecule has 0 bridgehead atoms. The Kier molecular flexibility index (Phi) is 5.91. The fourth-order valence-electron chi connectivity index (χ4n) is 1.51. The number of carbonyl (C=O) groups excluding carboxylic acids is 1. The number of nitrogens with two attached hydrogens (primary N) is 1. The molecule has 0 heterocycles. The van der Waals surface area contributed by atoms with Gasteiger partial charge in [0.2, 0.25) is 0 Å². The summed E-state index contributed by atoms with van der Waals surface area (Å²) in [5.41, 5.74) is 6.32. The van der Waals surface area contributed by atoms with Gasteiger partial charge in [-0.1, -0.05) is 37.0 Å². The lowest BCUT2D eigenvalue weighted by molar-refractivity contribution is 0.247. The van der Waals surface area contributed by atoms with Gasteiger partial charge in [-0.05, 0) is 31.0 Å². The van der Waals surface area contributed by atoms with Crippen LogP contribution in [-0.2, 0) is 0 Å². The summed E-state index contributed by atoms with van der Waals surface area (Å²) in [7, 11) is 0. The van der Waals surface area contributed by atoms with E-state index in [-0.39, 0.29) is 11.6 Å². The average Bonchev–Trinajstić information content (AvgIpc) is 2.40. The first kappa shape index (κ1) is 16.1. The van der Waals surface area contributed by atoms with Gasteiger partial charge in [0, 0.05) is 17.8 Å². The normalized spacial score (nSPS) is 11.2. The van der Waals surface area contributed by atoms with Crippen LogP contribution >= 0.6 is 23.2 Å². The number of halogens is 2. The van der Waals surface area contributed by atoms with E-state index in [1.54, 1.807) is 18.2 Å². The van der Waals surface area contributed by atoms with Crippen LogP contribution in [0.25, 0.3) is 0 Å². The molecule has 0 spiro atoms. The summed E-state index contributed by atoms with van der Waals surface area (Å²) in [6.07, 6.45) is 1.60. The van der Waals surface area contributed by atoms with Crippen LogP contribution in [0.1, 0.15) is 26.7 Å². The molecule has 1 aromatic carbocycles. The van der Waals surface area contributed by atoms with Gasteiger partial charge in [0.15, 0.2) is 0 Å². The zero-order chi connectivity index (χ0) is 14.5. The summed E-state index contributed by atoms with van der Waals surface area (Å²) in [5.74, 6) is 0. The molecule has 106 valence electrons. The largest absolute Gasteiger partial charge is 0.336 e. The van der Waals surface area contributed by atoms with E-state index < -0.39 is 0 Å². The van der Waals surface area contributed by atoms with E-state index in [1.807, 2.05) is 13.8 Å². The van der Waals surface area contributed by atoms with Crippen LogP contribution in [-0.4, -0.2) is 18.1 Å². The van der Waals surface area contributed by atoms with E-state index in [1.165, 1.54) is 0 Å². The van der Waals surface area contributed by atoms with E-state index in [4.69, 9.17) is 28.9 Å². The average molecular weight is 304 g/mol. The Morgan fingerprint density at radius 1 is 1.26 bits per heavy atom. The molecule has 0 aliphatic rings. The van der Waals surface area contributed by atoms with Crippen LogP contribution in [0, 0.1) is 0 Å². The van der Waals surface area contributed by atoms with Crippen molar-refractivity contribution in [1.82, 2.24) is 5.32 Å². The molecule has 4 N–H and O–H groups in total. The van der Waals surface area contributed by atoms with E-state index in [0.29, 0.717) is 22.3 Å². The van der Waals surface area contributed by atoms with Crippen LogP contribution in [0.3, 0.4) is 0 Å². The summed E-state index contributed by atoms with van der Waals surface area (Å²) >= 11 is 11.7. The molecule has 0 saturated heterocycles. The number of hydrogen-bond donors (Lipinski definition) is 3. The summed E-state index contributed by atoms with van der Waals surface area (Å²) < 4.78 is 0. The van der Waals surface area contributed by atoms with Gasteiger partial charge in [0.05, 0.1) is 10.0 Å². The number of amides is 2. The molecule has 0 atom stereocenters. The van der Waals surface area contributed by atoms with Crippen molar-refractivity contribution in [3.05, 3.63) is 28.2 Å². The Hall–Kier alpha value is -0.970. The summed E-state index contributed by atoms with van der Waals surface area (Å²) in [6.45, 7) is 4.43. The molecule has 0 saturated carbocycles. The third-order valence-corrected chi connectivity index (χ3v) is 3.93. The van der Waals surface area contributed by atoms with Crippen LogP contribution in [0.5, 0.6) is 0 Å². The summed E-state index contributed by atoms with van der Waals surface area (Å²) in [6, 6.07) is 4.60. The van der Waals surface area contributed by atoms with Crippen LogP contribution in [0.2, 0.25) is 10.0 Å². The van der Waals surface area contributed by atoms with Gasteiger partial charge in [0.25, 0.3) is 0 Å². The first-order chi connectivity index (χ1) is 8.90. The highest BCUT2D eigenvalue weighted by molar-refractivity contribution is 6.42. The van der Waals surface area contributed by atoms with Gasteiger partial charge >= 0.3 is 6.03 Å². The van der Waals surface area contributed by atoms with Crippen LogP contribution in [0.4, 0.5) is 10.5 Å². The molecule has 1 aromatic rings. The molecule has 4 nitrogen and oxygen atoms in total. The molecule has 0 aromatic heterocycles. The van der Waals surface area contributed by atoms with E-state index in [2.05, 4.69) is 10.6 Å². The molecule has 2 amide bonds. The number of anilines is 1. The highest BCUT2D eigenvalue weighted by Gasteiger charge is 2.20. The molecule has 0 radical (unpaired) electrons. The Bertz CT molecular complexity index is 448. The van der Waals surface area contributed by atoms with E-state index in [0.717, 1.165) is 12.8 Å². The zero-order valence-electron chi connectivity index (χ0n) is 11.1. The van der Waals surface area contributed by atoms with E-state index >= 15 is 0 Å². The lowest BCUT2D eigenvalue weighted by atomic mass is 9.94. The van der Waals surface area contributed by atoms with Crippen LogP contribution in [0.15, 0.2) is 18.2 Å². The smallest absolute Gasteiger partial charge is 0.319 e. The number of urea groups is 1. The van der Waals surface area contributed by atoms with Gasteiger partial charge < -0.3 is 16.4 Å². The molecule has 0 unspecified atom stereocenters. The predicted molar refractivity (Wildman–Crippen MR) is 81.0 cm³/mol. The van der Waals surface area contributed by atoms with Gasteiger partial charge in [0.1, 0.15) is 0 Å². The second kappa shape index (κ2) is 6.98. The third kappa shape index (κ3) is 4.90. The Morgan fingerprint density at radius 3 is 2.42 bits per heavy atom. The summed E-state index contributed by atoms with van der Waals surface area (Å²) in [4.78, 5) is 11.7. The van der Waals surface area contributed by atoms with Crippen molar-refractivity contribution >= 4 is 34.9 Å². The first-order valence-electron chi connectivity index (χ1n) is 6.19. The Balaban J connectivity index is 2.53. The molecule has 19 heavy (non-hydrogen) atoms. The molecule has 6 heteroatoms. The Morgan fingerprint density at radius 2 is 1.89 bits per heavy atom. The lowest BCUT2D eigenvalue weighted by Crippen LogP contribution is -2.50. The Labute approximate surface area is 123 Å². The maximum absolute atomic E-state index is 11.7. The number of rotatable bonds is 5. The second-order valence-corrected chi connectivity index (χ2v) is 5.32. The van der Waals surface area contributed by atoms with Gasteiger partial charge in [-0.2, -0.15) is 0 Å². The van der Waals surface area contributed by atoms with Crippen molar-refractivity contribution in [2.24, 2.45) is 5.73 Å². The van der Waals surface area contributed by atoms with Crippen molar-refractivity contribution in [2.75, 3.05) is 11.9 Å². The monoisotopic (exact) mass is 303 g/mol. The highest BCUT2D eigenvalue weighted by Crippen LogP contribution is 2.24.